The van der Waals surface area contributed by atoms with Crippen LogP contribution in [0.1, 0.15) is 0 Å². The van der Waals surface area contributed by atoms with Crippen molar-refractivity contribution in [2.75, 3.05) is 18.5 Å². The van der Waals surface area contributed by atoms with Crippen molar-refractivity contribution in [1.29, 1.82) is 0 Å². The SMILES string of the molecule is COc1cccc(N(C)S(=O)(=O)c2ccccc2)c1. The van der Waals surface area contributed by atoms with Crippen molar-refractivity contribution in [2.45, 2.75) is 4.90 Å². The Morgan fingerprint density at radius 2 is 1.68 bits per heavy atom. The number of ether oxygens (including phenoxy) is 1. The summed E-state index contributed by atoms with van der Waals surface area (Å²) < 4.78 is 31.2. The van der Waals surface area contributed by atoms with E-state index < -0.39 is 10.0 Å². The van der Waals surface area contributed by atoms with E-state index in [1.165, 1.54) is 11.4 Å². The van der Waals surface area contributed by atoms with Gasteiger partial charge in [-0.25, -0.2) is 8.42 Å². The smallest absolute Gasteiger partial charge is 0.264 e. The van der Waals surface area contributed by atoms with Crippen LogP contribution in [0, 0.1) is 0 Å². The van der Waals surface area contributed by atoms with E-state index in [9.17, 15) is 8.42 Å². The summed E-state index contributed by atoms with van der Waals surface area (Å²) in [4.78, 5) is 0.264. The van der Waals surface area contributed by atoms with E-state index in [1.807, 2.05) is 0 Å². The Balaban J connectivity index is 2.40. The molecule has 0 heterocycles. The van der Waals surface area contributed by atoms with Crippen LogP contribution in [0.5, 0.6) is 5.75 Å². The number of nitrogens with zero attached hydrogens (tertiary/aromatic N) is 1. The highest BCUT2D eigenvalue weighted by molar-refractivity contribution is 7.92. The highest BCUT2D eigenvalue weighted by Gasteiger charge is 2.20. The normalized spacial score (nSPS) is 11.1. The van der Waals surface area contributed by atoms with E-state index in [1.54, 1.807) is 61.7 Å². The molecular weight excluding hydrogens is 262 g/mol. The summed E-state index contributed by atoms with van der Waals surface area (Å²) in [6.45, 7) is 0. The van der Waals surface area contributed by atoms with Crippen LogP contribution in [-0.4, -0.2) is 22.6 Å². The minimum atomic E-state index is -3.54. The van der Waals surface area contributed by atoms with Crippen LogP contribution in [0.3, 0.4) is 0 Å². The molecule has 0 saturated heterocycles. The molecule has 0 aromatic heterocycles. The summed E-state index contributed by atoms with van der Waals surface area (Å²) in [6, 6.07) is 15.3. The number of hydrogen-bond donors (Lipinski definition) is 0. The van der Waals surface area contributed by atoms with E-state index >= 15 is 0 Å². The molecule has 100 valence electrons. The lowest BCUT2D eigenvalue weighted by atomic mass is 10.3. The lowest BCUT2D eigenvalue weighted by Crippen LogP contribution is -2.26. The van der Waals surface area contributed by atoms with Crippen molar-refractivity contribution in [3.05, 3.63) is 54.6 Å². The van der Waals surface area contributed by atoms with Gasteiger partial charge < -0.3 is 4.74 Å². The van der Waals surface area contributed by atoms with Crippen LogP contribution in [0.2, 0.25) is 0 Å². The third-order valence-electron chi connectivity index (χ3n) is 2.82. The second kappa shape index (κ2) is 5.32. The third-order valence-corrected chi connectivity index (χ3v) is 4.62. The van der Waals surface area contributed by atoms with Crippen molar-refractivity contribution in [2.24, 2.45) is 0 Å². The van der Waals surface area contributed by atoms with Crippen LogP contribution >= 0.6 is 0 Å². The molecule has 0 radical (unpaired) electrons. The first kappa shape index (κ1) is 13.4. The predicted octanol–water partition coefficient (Wildman–Crippen LogP) is 2.52. The molecule has 19 heavy (non-hydrogen) atoms. The fraction of sp³-hybridized carbons (Fsp3) is 0.143. The van der Waals surface area contributed by atoms with Crippen molar-refractivity contribution in [3.8, 4) is 5.75 Å². The van der Waals surface area contributed by atoms with Crippen LogP contribution in [0.25, 0.3) is 0 Å². The van der Waals surface area contributed by atoms with Crippen LogP contribution in [-0.2, 0) is 10.0 Å². The molecule has 2 rings (SSSR count). The summed E-state index contributed by atoms with van der Waals surface area (Å²) in [5.41, 5.74) is 0.559. The highest BCUT2D eigenvalue weighted by atomic mass is 32.2. The first-order valence-corrected chi connectivity index (χ1v) is 7.18. The van der Waals surface area contributed by atoms with Gasteiger partial charge in [0.1, 0.15) is 5.75 Å². The maximum Gasteiger partial charge on any atom is 0.264 e. The molecule has 0 unspecified atom stereocenters. The summed E-state index contributed by atoms with van der Waals surface area (Å²) in [5.74, 6) is 0.618. The van der Waals surface area contributed by atoms with Gasteiger partial charge in [-0.15, -0.1) is 0 Å². The van der Waals surface area contributed by atoms with Gasteiger partial charge in [-0.05, 0) is 24.3 Å². The van der Waals surface area contributed by atoms with Gasteiger partial charge in [-0.1, -0.05) is 24.3 Å². The Hall–Kier alpha value is -2.01. The van der Waals surface area contributed by atoms with Gasteiger partial charge in [0.05, 0.1) is 17.7 Å². The summed E-state index contributed by atoms with van der Waals surface area (Å²) in [6.07, 6.45) is 0. The average molecular weight is 277 g/mol. The zero-order valence-electron chi connectivity index (χ0n) is 10.8. The maximum atomic E-state index is 12.4. The first-order valence-electron chi connectivity index (χ1n) is 5.74. The topological polar surface area (TPSA) is 46.6 Å². The molecule has 0 saturated carbocycles. The molecule has 2 aromatic rings. The number of anilines is 1. The molecule has 5 heteroatoms. The van der Waals surface area contributed by atoms with Crippen LogP contribution in [0.15, 0.2) is 59.5 Å². The number of hydrogen-bond acceptors (Lipinski definition) is 3. The van der Waals surface area contributed by atoms with Gasteiger partial charge in [0, 0.05) is 13.1 Å². The van der Waals surface area contributed by atoms with Gasteiger partial charge in [-0.3, -0.25) is 4.31 Å². The lowest BCUT2D eigenvalue weighted by Gasteiger charge is -2.19. The van der Waals surface area contributed by atoms with Crippen LogP contribution < -0.4 is 9.04 Å². The number of benzene rings is 2. The Labute approximate surface area is 113 Å². The molecule has 0 fully saturated rings. The van der Waals surface area contributed by atoms with Gasteiger partial charge in [0.25, 0.3) is 10.0 Å². The minimum Gasteiger partial charge on any atom is -0.497 e. The molecule has 0 aliphatic heterocycles. The van der Waals surface area contributed by atoms with Crippen molar-refractivity contribution < 1.29 is 13.2 Å². The molecule has 0 aliphatic rings. The maximum absolute atomic E-state index is 12.4. The van der Waals surface area contributed by atoms with Crippen LogP contribution in [0.4, 0.5) is 5.69 Å². The molecule has 4 nitrogen and oxygen atoms in total. The minimum absolute atomic E-state index is 0.264. The second-order valence-electron chi connectivity index (χ2n) is 3.99. The summed E-state index contributed by atoms with van der Waals surface area (Å²) in [7, 11) is -0.468. The average Bonchev–Trinajstić information content (AvgIpc) is 2.47. The fourth-order valence-corrected chi connectivity index (χ4v) is 2.90. The fourth-order valence-electron chi connectivity index (χ4n) is 1.70. The van der Waals surface area contributed by atoms with E-state index in [0.717, 1.165) is 0 Å². The molecule has 0 spiro atoms. The van der Waals surface area contributed by atoms with Gasteiger partial charge in [0.15, 0.2) is 0 Å². The summed E-state index contributed by atoms with van der Waals surface area (Å²) in [5, 5.41) is 0. The van der Waals surface area contributed by atoms with E-state index in [2.05, 4.69) is 0 Å². The molecule has 0 N–H and O–H groups in total. The van der Waals surface area contributed by atoms with Gasteiger partial charge in [0.2, 0.25) is 0 Å². The molecule has 0 aliphatic carbocycles. The Morgan fingerprint density at radius 1 is 1.00 bits per heavy atom. The lowest BCUT2D eigenvalue weighted by molar-refractivity contribution is 0.415. The quantitative estimate of drug-likeness (QED) is 0.862. The van der Waals surface area contributed by atoms with Crippen molar-refractivity contribution in [3.63, 3.8) is 0 Å². The molecule has 0 atom stereocenters. The Kier molecular flexibility index (Phi) is 3.76. The standard InChI is InChI=1S/C14H15NO3S/c1-15(12-7-6-8-13(11-12)18-2)19(16,17)14-9-4-3-5-10-14/h3-11H,1-2H3. The highest BCUT2D eigenvalue weighted by Crippen LogP contribution is 2.25. The number of rotatable bonds is 4. The van der Waals surface area contributed by atoms with Gasteiger partial charge >= 0.3 is 0 Å². The Bertz CT molecular complexity index is 653. The van der Waals surface area contributed by atoms with Gasteiger partial charge in [-0.2, -0.15) is 0 Å². The second-order valence-corrected chi connectivity index (χ2v) is 5.96. The molecular formula is C14H15NO3S. The Morgan fingerprint density at radius 3 is 2.32 bits per heavy atom. The molecule has 0 amide bonds. The van der Waals surface area contributed by atoms with E-state index in [4.69, 9.17) is 4.74 Å². The van der Waals surface area contributed by atoms with Crippen molar-refractivity contribution in [1.82, 2.24) is 0 Å². The monoisotopic (exact) mass is 277 g/mol. The summed E-state index contributed by atoms with van der Waals surface area (Å²) >= 11 is 0. The zero-order valence-corrected chi connectivity index (χ0v) is 11.6. The van der Waals surface area contributed by atoms with E-state index in [-0.39, 0.29) is 4.90 Å². The molecule has 0 bridgehead atoms. The number of sulfonamides is 1. The predicted molar refractivity (Wildman–Crippen MR) is 75.0 cm³/mol. The largest absolute Gasteiger partial charge is 0.497 e. The zero-order chi connectivity index (χ0) is 13.9. The first-order chi connectivity index (χ1) is 9.05. The van der Waals surface area contributed by atoms with Crippen molar-refractivity contribution >= 4 is 15.7 Å². The third kappa shape index (κ3) is 2.71. The van der Waals surface area contributed by atoms with E-state index in [0.29, 0.717) is 11.4 Å². The number of methoxy groups -OCH3 is 1. The molecule has 2 aromatic carbocycles.